The Morgan fingerprint density at radius 2 is 0.824 bits per heavy atom. The summed E-state index contributed by atoms with van der Waals surface area (Å²) in [5.74, 6) is 0. The van der Waals surface area contributed by atoms with E-state index in [1.165, 1.54) is 0 Å². The molecule has 0 aromatic carbocycles. The van der Waals surface area contributed by atoms with Crippen LogP contribution in [0.3, 0.4) is 0 Å². The van der Waals surface area contributed by atoms with Crippen LogP contribution in [-0.2, 0) is 0 Å². The number of pyridine rings is 5. The highest BCUT2D eigenvalue weighted by atomic mass is 14.8. The van der Waals surface area contributed by atoms with Crippen LogP contribution in [0.15, 0.2) is 104 Å². The Morgan fingerprint density at radius 3 is 1.21 bits per heavy atom. The first kappa shape index (κ1) is 21.1. The lowest BCUT2D eigenvalue weighted by atomic mass is 10.1. The van der Waals surface area contributed by atoms with Crippen LogP contribution in [0, 0.1) is 0 Å². The standard InChI is InChI=1S/C29H21N5/c1-3-20-16-26(22-10-5-7-14-30-22)33-28(18-20)24-12-9-13-25(32-24)29-19-21(4-2)17-27(34-29)23-11-6-8-15-31-23/h3-19H,1-2H2. The van der Waals surface area contributed by atoms with Crippen LogP contribution >= 0.6 is 0 Å². The molecule has 0 aliphatic heterocycles. The fraction of sp³-hybridized carbons (Fsp3) is 0. The topological polar surface area (TPSA) is 64.5 Å². The minimum atomic E-state index is 0.739. The molecule has 5 nitrogen and oxygen atoms in total. The van der Waals surface area contributed by atoms with Crippen molar-refractivity contribution in [2.75, 3.05) is 0 Å². The van der Waals surface area contributed by atoms with Crippen molar-refractivity contribution in [1.29, 1.82) is 0 Å². The van der Waals surface area contributed by atoms with Crippen molar-refractivity contribution in [2.45, 2.75) is 0 Å². The number of hydrogen-bond donors (Lipinski definition) is 0. The Labute approximate surface area is 198 Å². The van der Waals surface area contributed by atoms with Gasteiger partial charge < -0.3 is 0 Å². The summed E-state index contributed by atoms with van der Waals surface area (Å²) in [5.41, 5.74) is 7.98. The van der Waals surface area contributed by atoms with Crippen molar-refractivity contribution in [3.8, 4) is 45.6 Å². The summed E-state index contributed by atoms with van der Waals surface area (Å²) >= 11 is 0. The van der Waals surface area contributed by atoms with Gasteiger partial charge in [0.05, 0.1) is 45.6 Å². The predicted octanol–water partition coefficient (Wildman–Crippen LogP) is 6.62. The molecule has 5 aromatic heterocycles. The van der Waals surface area contributed by atoms with E-state index in [1.807, 2.05) is 78.9 Å². The molecule has 0 bridgehead atoms. The Bertz CT molecular complexity index is 1370. The average Bonchev–Trinajstić information content (AvgIpc) is 2.93. The normalized spacial score (nSPS) is 10.6. The summed E-state index contributed by atoms with van der Waals surface area (Å²) in [6.45, 7) is 7.86. The fourth-order valence-electron chi connectivity index (χ4n) is 3.61. The van der Waals surface area contributed by atoms with Gasteiger partial charge in [-0.2, -0.15) is 0 Å². The summed E-state index contributed by atoms with van der Waals surface area (Å²) in [7, 11) is 0. The van der Waals surface area contributed by atoms with E-state index in [0.717, 1.165) is 56.7 Å². The third-order valence-electron chi connectivity index (χ3n) is 5.30. The van der Waals surface area contributed by atoms with E-state index in [2.05, 4.69) is 23.1 Å². The minimum absolute atomic E-state index is 0.739. The Kier molecular flexibility index (Phi) is 5.82. The molecule has 5 aromatic rings. The molecule has 34 heavy (non-hydrogen) atoms. The van der Waals surface area contributed by atoms with Gasteiger partial charge in [-0.15, -0.1) is 0 Å². The molecule has 0 unspecified atom stereocenters. The van der Waals surface area contributed by atoms with E-state index in [-0.39, 0.29) is 0 Å². The molecule has 0 radical (unpaired) electrons. The second-order valence-electron chi connectivity index (χ2n) is 7.59. The Morgan fingerprint density at radius 1 is 0.441 bits per heavy atom. The van der Waals surface area contributed by atoms with E-state index in [4.69, 9.17) is 15.0 Å². The van der Waals surface area contributed by atoms with E-state index in [9.17, 15) is 0 Å². The monoisotopic (exact) mass is 439 g/mol. The third kappa shape index (κ3) is 4.40. The molecular weight excluding hydrogens is 418 g/mol. The molecule has 0 fully saturated rings. The predicted molar refractivity (Wildman–Crippen MR) is 137 cm³/mol. The van der Waals surface area contributed by atoms with Gasteiger partial charge in [0.2, 0.25) is 0 Å². The van der Waals surface area contributed by atoms with Gasteiger partial charge in [0.15, 0.2) is 0 Å². The molecule has 0 aliphatic rings. The zero-order valence-electron chi connectivity index (χ0n) is 18.5. The Hall–Kier alpha value is -4.77. The van der Waals surface area contributed by atoms with Gasteiger partial charge >= 0.3 is 0 Å². The zero-order chi connectivity index (χ0) is 23.3. The molecule has 0 atom stereocenters. The van der Waals surface area contributed by atoms with Crippen molar-refractivity contribution >= 4 is 12.2 Å². The molecular formula is C29H21N5. The van der Waals surface area contributed by atoms with Crippen LogP contribution in [0.5, 0.6) is 0 Å². The van der Waals surface area contributed by atoms with E-state index >= 15 is 0 Å². The van der Waals surface area contributed by atoms with Crippen molar-refractivity contribution in [2.24, 2.45) is 0 Å². The van der Waals surface area contributed by atoms with Gasteiger partial charge in [-0.05, 0) is 71.8 Å². The summed E-state index contributed by atoms with van der Waals surface area (Å²) in [4.78, 5) is 23.5. The number of nitrogens with zero attached hydrogens (tertiary/aromatic N) is 5. The molecule has 5 rings (SSSR count). The lowest BCUT2D eigenvalue weighted by Crippen LogP contribution is -1.97. The first-order chi connectivity index (χ1) is 16.7. The van der Waals surface area contributed by atoms with Gasteiger partial charge in [0.1, 0.15) is 0 Å². The third-order valence-corrected chi connectivity index (χ3v) is 5.30. The fourth-order valence-corrected chi connectivity index (χ4v) is 3.61. The van der Waals surface area contributed by atoms with Gasteiger partial charge in [-0.3, -0.25) is 9.97 Å². The maximum Gasteiger partial charge on any atom is 0.0900 e. The maximum absolute atomic E-state index is 4.90. The van der Waals surface area contributed by atoms with Crippen LogP contribution in [0.2, 0.25) is 0 Å². The van der Waals surface area contributed by atoms with Crippen LogP contribution in [0.4, 0.5) is 0 Å². The smallest absolute Gasteiger partial charge is 0.0900 e. The summed E-state index contributed by atoms with van der Waals surface area (Å²) in [6, 6.07) is 25.3. The summed E-state index contributed by atoms with van der Waals surface area (Å²) in [5, 5.41) is 0. The second kappa shape index (κ2) is 9.38. The van der Waals surface area contributed by atoms with Crippen molar-refractivity contribution < 1.29 is 0 Å². The largest absolute Gasteiger partial charge is 0.255 e. The lowest BCUT2D eigenvalue weighted by molar-refractivity contribution is 1.19. The van der Waals surface area contributed by atoms with E-state index in [1.54, 1.807) is 24.5 Å². The van der Waals surface area contributed by atoms with Gasteiger partial charge in [-0.1, -0.05) is 43.5 Å². The molecule has 0 saturated heterocycles. The second-order valence-corrected chi connectivity index (χ2v) is 7.59. The molecule has 0 aliphatic carbocycles. The van der Waals surface area contributed by atoms with Crippen LogP contribution < -0.4 is 0 Å². The highest BCUT2D eigenvalue weighted by Crippen LogP contribution is 2.27. The Balaban J connectivity index is 1.60. The highest BCUT2D eigenvalue weighted by Gasteiger charge is 2.12. The molecule has 0 spiro atoms. The van der Waals surface area contributed by atoms with Crippen molar-refractivity contribution in [1.82, 2.24) is 24.9 Å². The van der Waals surface area contributed by atoms with Crippen molar-refractivity contribution in [3.05, 3.63) is 116 Å². The number of hydrogen-bond acceptors (Lipinski definition) is 5. The maximum atomic E-state index is 4.90. The average molecular weight is 440 g/mol. The quantitative estimate of drug-likeness (QED) is 0.298. The summed E-state index contributed by atoms with van der Waals surface area (Å²) < 4.78 is 0. The van der Waals surface area contributed by atoms with E-state index in [0.29, 0.717) is 0 Å². The van der Waals surface area contributed by atoms with E-state index < -0.39 is 0 Å². The highest BCUT2D eigenvalue weighted by molar-refractivity contribution is 5.71. The van der Waals surface area contributed by atoms with Crippen LogP contribution in [0.25, 0.3) is 57.7 Å². The molecule has 5 heterocycles. The van der Waals surface area contributed by atoms with Crippen LogP contribution in [0.1, 0.15) is 11.1 Å². The lowest BCUT2D eigenvalue weighted by Gasteiger charge is -2.10. The molecule has 0 amide bonds. The molecule has 0 N–H and O–H groups in total. The molecule has 5 heteroatoms. The van der Waals surface area contributed by atoms with Crippen molar-refractivity contribution in [3.63, 3.8) is 0 Å². The van der Waals surface area contributed by atoms with Crippen LogP contribution in [-0.4, -0.2) is 24.9 Å². The molecule has 0 saturated carbocycles. The number of rotatable bonds is 6. The molecule has 162 valence electrons. The first-order valence-corrected chi connectivity index (χ1v) is 10.8. The zero-order valence-corrected chi connectivity index (χ0v) is 18.5. The number of aromatic nitrogens is 5. The van der Waals surface area contributed by atoms with Gasteiger partial charge in [0.25, 0.3) is 0 Å². The first-order valence-electron chi connectivity index (χ1n) is 10.8. The summed E-state index contributed by atoms with van der Waals surface area (Å²) in [6.07, 6.45) is 7.12. The van der Waals surface area contributed by atoms with Gasteiger partial charge in [0, 0.05) is 12.4 Å². The minimum Gasteiger partial charge on any atom is -0.255 e. The SMILES string of the molecule is C=Cc1cc(-c2ccccn2)nc(-c2cccc(-c3cc(C=C)cc(-c4ccccn4)n3)n2)c1. The van der Waals surface area contributed by atoms with Gasteiger partial charge in [-0.25, -0.2) is 15.0 Å².